The van der Waals surface area contributed by atoms with Crippen LogP contribution in [0.1, 0.15) is 12.8 Å². The van der Waals surface area contributed by atoms with Crippen molar-refractivity contribution in [1.82, 2.24) is 15.1 Å². The number of nitrogens with zero attached hydrogens (tertiary/aromatic N) is 3. The average molecular weight is 304 g/mol. The number of hydrogen-bond acceptors (Lipinski definition) is 5. The van der Waals surface area contributed by atoms with Crippen LogP contribution in [0.15, 0.2) is 35.8 Å². The molecule has 3 heterocycles. The van der Waals surface area contributed by atoms with Gasteiger partial charge in [0.2, 0.25) is 5.88 Å². The van der Waals surface area contributed by atoms with Crippen molar-refractivity contribution in [2.45, 2.75) is 18.9 Å². The number of nitrogens with one attached hydrogen (secondary N) is 1. The number of piperidine rings is 1. The molecule has 2 amide bonds. The third-order valence-electron chi connectivity index (χ3n) is 3.25. The molecule has 0 radical (unpaired) electrons. The van der Waals surface area contributed by atoms with E-state index in [1.165, 1.54) is 11.3 Å². The molecule has 6 nitrogen and oxygen atoms in total. The lowest BCUT2D eigenvalue weighted by Gasteiger charge is -2.32. The summed E-state index contributed by atoms with van der Waals surface area (Å²) in [6.45, 7) is 1.31. The summed E-state index contributed by atoms with van der Waals surface area (Å²) >= 11 is 1.51. The maximum Gasteiger partial charge on any atom is 0.322 e. The zero-order valence-corrected chi connectivity index (χ0v) is 12.3. The molecule has 21 heavy (non-hydrogen) atoms. The highest BCUT2D eigenvalue weighted by atomic mass is 32.1. The number of carbonyl (C=O) groups is 1. The van der Waals surface area contributed by atoms with Crippen LogP contribution < -0.4 is 10.1 Å². The van der Waals surface area contributed by atoms with Gasteiger partial charge in [-0.25, -0.2) is 4.79 Å². The van der Waals surface area contributed by atoms with E-state index in [-0.39, 0.29) is 12.1 Å². The number of hydrogen-bond donors (Lipinski definition) is 1. The zero-order chi connectivity index (χ0) is 14.5. The fraction of sp³-hybridized carbons (Fsp3) is 0.357. The lowest BCUT2D eigenvalue weighted by Crippen LogP contribution is -2.46. The summed E-state index contributed by atoms with van der Waals surface area (Å²) in [5, 5.41) is 13.4. The Hall–Kier alpha value is -2.15. The molecular weight excluding hydrogens is 288 g/mol. The number of thiophene rings is 1. The van der Waals surface area contributed by atoms with Crippen LogP contribution in [0.4, 0.5) is 9.80 Å². The number of rotatable bonds is 3. The van der Waals surface area contributed by atoms with Crippen LogP contribution in [0.3, 0.4) is 0 Å². The molecule has 2 aromatic rings. The molecule has 7 heteroatoms. The third kappa shape index (κ3) is 3.69. The van der Waals surface area contributed by atoms with Crippen LogP contribution in [-0.4, -0.2) is 40.3 Å². The quantitative estimate of drug-likeness (QED) is 0.946. The molecule has 0 aliphatic carbocycles. The first-order chi connectivity index (χ1) is 10.3. The van der Waals surface area contributed by atoms with Crippen molar-refractivity contribution in [3.63, 3.8) is 0 Å². The van der Waals surface area contributed by atoms with Crippen LogP contribution >= 0.6 is 11.3 Å². The smallest absolute Gasteiger partial charge is 0.322 e. The first-order valence-electron chi connectivity index (χ1n) is 6.85. The van der Waals surface area contributed by atoms with E-state index in [9.17, 15) is 4.79 Å². The van der Waals surface area contributed by atoms with Crippen LogP contribution in [0.25, 0.3) is 0 Å². The molecule has 2 aromatic heterocycles. The second-order valence-electron chi connectivity index (χ2n) is 4.80. The van der Waals surface area contributed by atoms with E-state index in [4.69, 9.17) is 4.74 Å². The first kappa shape index (κ1) is 13.8. The predicted octanol–water partition coefficient (Wildman–Crippen LogP) is 2.61. The SMILES string of the molecule is O=C(Nc1cccs1)N1CCC[C@H](Oc2cccnn2)C1. The number of urea groups is 1. The Kier molecular flexibility index (Phi) is 4.30. The second-order valence-corrected chi connectivity index (χ2v) is 5.75. The molecule has 1 fully saturated rings. The monoisotopic (exact) mass is 304 g/mol. The predicted molar refractivity (Wildman–Crippen MR) is 80.6 cm³/mol. The zero-order valence-electron chi connectivity index (χ0n) is 11.4. The summed E-state index contributed by atoms with van der Waals surface area (Å²) in [5.74, 6) is 0.503. The number of likely N-dealkylation sites (tertiary alicyclic amines) is 1. The van der Waals surface area contributed by atoms with Gasteiger partial charge in [-0.15, -0.1) is 16.4 Å². The highest BCUT2D eigenvalue weighted by Crippen LogP contribution is 2.19. The molecule has 1 aliphatic rings. The summed E-state index contributed by atoms with van der Waals surface area (Å²) in [7, 11) is 0. The van der Waals surface area contributed by atoms with Crippen molar-refractivity contribution in [3.8, 4) is 5.88 Å². The molecule has 3 rings (SSSR count). The molecule has 0 saturated carbocycles. The highest BCUT2D eigenvalue weighted by molar-refractivity contribution is 7.14. The number of ether oxygens (including phenoxy) is 1. The Balaban J connectivity index is 1.56. The Labute approximate surface area is 126 Å². The van der Waals surface area contributed by atoms with Crippen molar-refractivity contribution >= 4 is 22.4 Å². The lowest BCUT2D eigenvalue weighted by atomic mass is 10.1. The van der Waals surface area contributed by atoms with Gasteiger partial charge in [-0.05, 0) is 36.4 Å². The largest absolute Gasteiger partial charge is 0.471 e. The summed E-state index contributed by atoms with van der Waals surface area (Å²) in [4.78, 5) is 14.0. The van der Waals surface area contributed by atoms with Gasteiger partial charge in [-0.2, -0.15) is 5.10 Å². The number of aromatic nitrogens is 2. The Morgan fingerprint density at radius 2 is 2.38 bits per heavy atom. The standard InChI is InChI=1S/C14H16N4O2S/c19-14(16-13-6-3-9-21-13)18-8-2-4-11(10-18)20-12-5-1-7-15-17-12/h1,3,5-7,9,11H,2,4,8,10H2,(H,16,19)/t11-/m0/s1. The summed E-state index contributed by atoms with van der Waals surface area (Å²) < 4.78 is 5.78. The molecule has 1 atom stereocenters. The minimum atomic E-state index is -0.0788. The van der Waals surface area contributed by atoms with Crippen molar-refractivity contribution in [3.05, 3.63) is 35.8 Å². The Bertz CT molecular complexity index is 576. The van der Waals surface area contributed by atoms with E-state index in [0.29, 0.717) is 12.4 Å². The summed E-state index contributed by atoms with van der Waals surface area (Å²) in [6, 6.07) is 7.28. The summed E-state index contributed by atoms with van der Waals surface area (Å²) in [5.41, 5.74) is 0. The van der Waals surface area contributed by atoms with Crippen molar-refractivity contribution in [1.29, 1.82) is 0 Å². The minimum absolute atomic E-state index is 0.0375. The summed E-state index contributed by atoms with van der Waals surface area (Å²) in [6.07, 6.45) is 3.40. The molecule has 0 spiro atoms. The minimum Gasteiger partial charge on any atom is -0.471 e. The van der Waals surface area contributed by atoms with E-state index < -0.39 is 0 Å². The van der Waals surface area contributed by atoms with Gasteiger partial charge < -0.3 is 9.64 Å². The topological polar surface area (TPSA) is 67.4 Å². The number of carbonyl (C=O) groups excluding carboxylic acids is 1. The van der Waals surface area contributed by atoms with E-state index in [1.807, 2.05) is 17.5 Å². The third-order valence-corrected chi connectivity index (χ3v) is 4.04. The second kappa shape index (κ2) is 6.53. The molecule has 0 aromatic carbocycles. The fourth-order valence-corrected chi connectivity index (χ4v) is 2.88. The van der Waals surface area contributed by atoms with Crippen molar-refractivity contribution in [2.75, 3.05) is 18.4 Å². The maximum absolute atomic E-state index is 12.2. The van der Waals surface area contributed by atoms with Crippen LogP contribution in [-0.2, 0) is 0 Å². The average Bonchev–Trinajstić information content (AvgIpc) is 3.01. The molecular formula is C14H16N4O2S. The van der Waals surface area contributed by atoms with Gasteiger partial charge in [0.1, 0.15) is 6.10 Å². The number of amides is 2. The van der Waals surface area contributed by atoms with Crippen LogP contribution in [0, 0.1) is 0 Å². The van der Waals surface area contributed by atoms with Crippen molar-refractivity contribution < 1.29 is 9.53 Å². The van der Waals surface area contributed by atoms with Crippen LogP contribution in [0.5, 0.6) is 5.88 Å². The molecule has 0 unspecified atom stereocenters. The van der Waals surface area contributed by atoms with Gasteiger partial charge in [0, 0.05) is 18.8 Å². The molecule has 1 aliphatic heterocycles. The van der Waals surface area contributed by atoms with E-state index in [1.54, 1.807) is 23.2 Å². The number of anilines is 1. The van der Waals surface area contributed by atoms with Crippen LogP contribution in [0.2, 0.25) is 0 Å². The molecule has 0 bridgehead atoms. The van der Waals surface area contributed by atoms with E-state index in [2.05, 4.69) is 15.5 Å². The van der Waals surface area contributed by atoms with Gasteiger partial charge in [0.05, 0.1) is 11.5 Å². The van der Waals surface area contributed by atoms with E-state index in [0.717, 1.165) is 24.4 Å². The van der Waals surface area contributed by atoms with Gasteiger partial charge in [0.25, 0.3) is 0 Å². The maximum atomic E-state index is 12.2. The fourth-order valence-electron chi connectivity index (χ4n) is 2.27. The van der Waals surface area contributed by atoms with Gasteiger partial charge in [-0.3, -0.25) is 5.32 Å². The Morgan fingerprint density at radius 3 is 3.14 bits per heavy atom. The molecule has 110 valence electrons. The Morgan fingerprint density at radius 1 is 1.43 bits per heavy atom. The van der Waals surface area contributed by atoms with Gasteiger partial charge in [-0.1, -0.05) is 0 Å². The molecule has 1 N–H and O–H groups in total. The van der Waals surface area contributed by atoms with Crippen molar-refractivity contribution in [2.24, 2.45) is 0 Å². The normalized spacial score (nSPS) is 18.3. The van der Waals surface area contributed by atoms with Gasteiger partial charge >= 0.3 is 6.03 Å². The lowest BCUT2D eigenvalue weighted by molar-refractivity contribution is 0.102. The first-order valence-corrected chi connectivity index (χ1v) is 7.73. The highest BCUT2D eigenvalue weighted by Gasteiger charge is 2.25. The van der Waals surface area contributed by atoms with E-state index >= 15 is 0 Å². The molecule has 1 saturated heterocycles. The van der Waals surface area contributed by atoms with Gasteiger partial charge in [0.15, 0.2) is 0 Å².